The second kappa shape index (κ2) is 4.28. The van der Waals surface area contributed by atoms with Crippen molar-refractivity contribution in [3.05, 3.63) is 72.1 Å². The van der Waals surface area contributed by atoms with Gasteiger partial charge in [0.25, 0.3) is 0 Å². The third-order valence-electron chi connectivity index (χ3n) is 3.31. The average Bonchev–Trinajstić information content (AvgIpc) is 3.06. The summed E-state index contributed by atoms with van der Waals surface area (Å²) in [6.07, 6.45) is 1.66. The molecule has 0 aliphatic heterocycles. The molecule has 96 valence electrons. The van der Waals surface area contributed by atoms with Gasteiger partial charge in [-0.05, 0) is 12.1 Å². The van der Waals surface area contributed by atoms with Gasteiger partial charge in [-0.2, -0.15) is 0 Å². The molecule has 0 bridgehead atoms. The molecule has 0 N–H and O–H groups in total. The number of hydrogen-bond acceptors (Lipinski definition) is 3. The van der Waals surface area contributed by atoms with Crippen molar-refractivity contribution >= 4 is 32.3 Å². The van der Waals surface area contributed by atoms with Crippen LogP contribution in [-0.4, -0.2) is 15.2 Å². The molecule has 20 heavy (non-hydrogen) atoms. The molecule has 0 atom stereocenters. The number of benzene rings is 2. The summed E-state index contributed by atoms with van der Waals surface area (Å²) >= 11 is 1.59. The van der Waals surface area contributed by atoms with Gasteiger partial charge in [-0.25, -0.2) is 4.98 Å². The van der Waals surface area contributed by atoms with Gasteiger partial charge in [0.1, 0.15) is 5.69 Å². The lowest BCUT2D eigenvalue weighted by Gasteiger charge is -2.00. The molecule has 0 aliphatic carbocycles. The number of imidazole rings is 1. The Hall–Kier alpha value is -2.46. The number of carbonyl (C=O) groups is 1. The first-order valence-corrected chi connectivity index (χ1v) is 7.11. The minimum absolute atomic E-state index is 0.00153. The third kappa shape index (κ3) is 1.58. The Morgan fingerprint density at radius 1 is 1.00 bits per heavy atom. The highest BCUT2D eigenvalue weighted by molar-refractivity contribution is 7.23. The molecule has 0 radical (unpaired) electrons. The molecule has 2 aromatic carbocycles. The zero-order chi connectivity index (χ0) is 13.5. The first-order chi connectivity index (χ1) is 9.84. The SMILES string of the molecule is O=C(c1ccccc1)c1cnc2sc3ccccc3n12. The Kier molecular flexibility index (Phi) is 2.44. The molecule has 2 aromatic heterocycles. The van der Waals surface area contributed by atoms with Gasteiger partial charge in [0.15, 0.2) is 4.96 Å². The fourth-order valence-electron chi connectivity index (χ4n) is 2.36. The number of fused-ring (bicyclic) bond motifs is 3. The van der Waals surface area contributed by atoms with Crippen LogP contribution in [-0.2, 0) is 0 Å². The number of rotatable bonds is 2. The van der Waals surface area contributed by atoms with Crippen LogP contribution in [0.3, 0.4) is 0 Å². The molecule has 4 heteroatoms. The van der Waals surface area contributed by atoms with E-state index in [4.69, 9.17) is 0 Å². The van der Waals surface area contributed by atoms with Gasteiger partial charge < -0.3 is 0 Å². The van der Waals surface area contributed by atoms with Crippen molar-refractivity contribution in [2.45, 2.75) is 0 Å². The fourth-order valence-corrected chi connectivity index (χ4v) is 3.36. The van der Waals surface area contributed by atoms with E-state index in [-0.39, 0.29) is 5.78 Å². The molecule has 4 rings (SSSR count). The van der Waals surface area contributed by atoms with E-state index in [9.17, 15) is 4.79 Å². The summed E-state index contributed by atoms with van der Waals surface area (Å²) in [4.78, 5) is 17.8. The smallest absolute Gasteiger partial charge is 0.211 e. The van der Waals surface area contributed by atoms with Crippen LogP contribution in [0.1, 0.15) is 16.1 Å². The molecule has 0 fully saturated rings. The van der Waals surface area contributed by atoms with Gasteiger partial charge in [0.2, 0.25) is 5.78 Å². The van der Waals surface area contributed by atoms with Crippen LogP contribution in [0.4, 0.5) is 0 Å². The van der Waals surface area contributed by atoms with Crippen molar-refractivity contribution in [1.82, 2.24) is 9.38 Å². The van der Waals surface area contributed by atoms with Crippen LogP contribution in [0.25, 0.3) is 15.2 Å². The summed E-state index contributed by atoms with van der Waals surface area (Å²) in [6.45, 7) is 0. The Balaban J connectivity index is 1.98. The molecule has 0 spiro atoms. The van der Waals surface area contributed by atoms with E-state index in [1.807, 2.05) is 59.0 Å². The zero-order valence-electron chi connectivity index (χ0n) is 10.5. The predicted octanol–water partition coefficient (Wildman–Crippen LogP) is 3.78. The van der Waals surface area contributed by atoms with E-state index in [0.29, 0.717) is 11.3 Å². The van der Waals surface area contributed by atoms with Crippen LogP contribution >= 0.6 is 11.3 Å². The minimum Gasteiger partial charge on any atom is -0.287 e. The van der Waals surface area contributed by atoms with Gasteiger partial charge in [-0.3, -0.25) is 9.20 Å². The lowest BCUT2D eigenvalue weighted by Crippen LogP contribution is -2.04. The number of para-hydroxylation sites is 1. The highest BCUT2D eigenvalue weighted by Crippen LogP contribution is 2.27. The Morgan fingerprint density at radius 3 is 2.60 bits per heavy atom. The number of hydrogen-bond donors (Lipinski definition) is 0. The zero-order valence-corrected chi connectivity index (χ0v) is 11.3. The second-order valence-corrected chi connectivity index (χ2v) is 5.54. The molecule has 0 amide bonds. The summed E-state index contributed by atoms with van der Waals surface area (Å²) in [5, 5.41) is 0. The predicted molar refractivity (Wildman–Crippen MR) is 80.4 cm³/mol. The van der Waals surface area contributed by atoms with Gasteiger partial charge in [0.05, 0.1) is 16.4 Å². The van der Waals surface area contributed by atoms with E-state index < -0.39 is 0 Å². The summed E-state index contributed by atoms with van der Waals surface area (Å²) in [7, 11) is 0. The largest absolute Gasteiger partial charge is 0.287 e. The van der Waals surface area contributed by atoms with Gasteiger partial charge >= 0.3 is 0 Å². The van der Waals surface area contributed by atoms with E-state index in [2.05, 4.69) is 4.98 Å². The third-order valence-corrected chi connectivity index (χ3v) is 4.34. The summed E-state index contributed by atoms with van der Waals surface area (Å²) < 4.78 is 3.08. The summed E-state index contributed by atoms with van der Waals surface area (Å²) in [6, 6.07) is 17.3. The number of thiazole rings is 1. The molecular formula is C16H10N2OS. The standard InChI is InChI=1S/C16H10N2OS/c19-15(11-6-2-1-3-7-11)13-10-17-16-18(13)12-8-4-5-9-14(12)20-16/h1-10H. The molecule has 2 heterocycles. The maximum atomic E-state index is 12.6. The minimum atomic E-state index is 0.00153. The van der Waals surface area contributed by atoms with Crippen LogP contribution in [0.5, 0.6) is 0 Å². The van der Waals surface area contributed by atoms with Crippen molar-refractivity contribution in [2.75, 3.05) is 0 Å². The summed E-state index contributed by atoms with van der Waals surface area (Å²) in [5.41, 5.74) is 2.33. The van der Waals surface area contributed by atoms with Gasteiger partial charge in [0, 0.05) is 5.56 Å². The first-order valence-electron chi connectivity index (χ1n) is 6.29. The molecule has 0 saturated carbocycles. The maximum absolute atomic E-state index is 12.6. The van der Waals surface area contributed by atoms with E-state index >= 15 is 0 Å². The molecular weight excluding hydrogens is 268 g/mol. The molecule has 0 unspecified atom stereocenters. The van der Waals surface area contributed by atoms with E-state index in [1.54, 1.807) is 17.5 Å². The van der Waals surface area contributed by atoms with Crippen LogP contribution in [0, 0.1) is 0 Å². The fraction of sp³-hybridized carbons (Fsp3) is 0. The molecule has 0 aliphatic rings. The second-order valence-electron chi connectivity index (χ2n) is 4.53. The quantitative estimate of drug-likeness (QED) is 0.523. The number of aromatic nitrogens is 2. The number of ketones is 1. The van der Waals surface area contributed by atoms with Crippen molar-refractivity contribution in [3.63, 3.8) is 0 Å². The summed E-state index contributed by atoms with van der Waals surface area (Å²) in [5.74, 6) is 0.00153. The molecule has 0 saturated heterocycles. The van der Waals surface area contributed by atoms with E-state index in [1.165, 1.54) is 0 Å². The Bertz CT molecular complexity index is 921. The number of nitrogens with zero attached hydrogens (tertiary/aromatic N) is 2. The van der Waals surface area contributed by atoms with Crippen LogP contribution < -0.4 is 0 Å². The Morgan fingerprint density at radius 2 is 1.75 bits per heavy atom. The lowest BCUT2D eigenvalue weighted by atomic mass is 10.1. The molecule has 4 aromatic rings. The molecule has 3 nitrogen and oxygen atoms in total. The van der Waals surface area contributed by atoms with Gasteiger partial charge in [-0.15, -0.1) is 0 Å². The highest BCUT2D eigenvalue weighted by atomic mass is 32.1. The first kappa shape index (κ1) is 11.4. The van der Waals surface area contributed by atoms with E-state index in [0.717, 1.165) is 15.2 Å². The van der Waals surface area contributed by atoms with Crippen molar-refractivity contribution in [2.24, 2.45) is 0 Å². The van der Waals surface area contributed by atoms with Crippen molar-refractivity contribution in [3.8, 4) is 0 Å². The average molecular weight is 278 g/mol. The maximum Gasteiger partial charge on any atom is 0.211 e. The lowest BCUT2D eigenvalue weighted by molar-refractivity contribution is 0.103. The van der Waals surface area contributed by atoms with Crippen molar-refractivity contribution in [1.29, 1.82) is 0 Å². The van der Waals surface area contributed by atoms with Gasteiger partial charge in [-0.1, -0.05) is 53.8 Å². The Labute approximate surface area is 119 Å². The van der Waals surface area contributed by atoms with Crippen molar-refractivity contribution < 1.29 is 4.79 Å². The normalized spacial score (nSPS) is 11.2. The number of carbonyl (C=O) groups excluding carboxylic acids is 1. The monoisotopic (exact) mass is 278 g/mol. The van der Waals surface area contributed by atoms with Crippen LogP contribution in [0.15, 0.2) is 60.8 Å². The highest BCUT2D eigenvalue weighted by Gasteiger charge is 2.17. The van der Waals surface area contributed by atoms with Crippen LogP contribution in [0.2, 0.25) is 0 Å². The topological polar surface area (TPSA) is 34.4 Å².